The Morgan fingerprint density at radius 3 is 2.47 bits per heavy atom. The monoisotopic (exact) mass is 282 g/mol. The van der Waals surface area contributed by atoms with Gasteiger partial charge < -0.3 is 11.1 Å². The van der Waals surface area contributed by atoms with Crippen molar-refractivity contribution in [2.45, 2.75) is 6.04 Å². The summed E-state index contributed by atoms with van der Waals surface area (Å²) in [6, 6.07) is 10.3. The third-order valence-corrected chi connectivity index (χ3v) is 3.09. The van der Waals surface area contributed by atoms with Gasteiger partial charge in [0.1, 0.15) is 11.6 Å². The van der Waals surface area contributed by atoms with Crippen LogP contribution >= 0.6 is 11.6 Å². The minimum atomic E-state index is -0.520. The predicted octanol–water partition coefficient (Wildman–Crippen LogP) is 3.73. The van der Waals surface area contributed by atoms with E-state index in [9.17, 15) is 8.78 Å². The highest BCUT2D eigenvalue weighted by atomic mass is 35.5. The molecule has 0 radical (unpaired) electrons. The van der Waals surface area contributed by atoms with Gasteiger partial charge in [-0.1, -0.05) is 29.8 Å². The van der Waals surface area contributed by atoms with Crippen molar-refractivity contribution >= 4 is 17.3 Å². The highest BCUT2D eigenvalue weighted by Gasteiger charge is 2.13. The van der Waals surface area contributed by atoms with Gasteiger partial charge in [-0.15, -0.1) is 0 Å². The van der Waals surface area contributed by atoms with Crippen LogP contribution in [-0.4, -0.2) is 6.54 Å². The van der Waals surface area contributed by atoms with Crippen molar-refractivity contribution < 1.29 is 8.78 Å². The number of nitrogens with two attached hydrogens (primary N) is 1. The van der Waals surface area contributed by atoms with Crippen LogP contribution in [0.5, 0.6) is 0 Å². The minimum Gasteiger partial charge on any atom is -0.375 e. The number of benzene rings is 2. The molecule has 0 bridgehead atoms. The average molecular weight is 283 g/mol. The molecule has 2 rings (SSSR count). The Balaban J connectivity index is 2.25. The first-order valence-corrected chi connectivity index (χ1v) is 6.15. The maximum atomic E-state index is 13.5. The second-order valence-electron chi connectivity index (χ2n) is 4.09. The maximum Gasteiger partial charge on any atom is 0.146 e. The molecule has 0 spiro atoms. The molecular formula is C14H13ClF2N2. The molecule has 2 nitrogen and oxygen atoms in total. The summed E-state index contributed by atoms with van der Waals surface area (Å²) in [5, 5.41) is 3.00. The van der Waals surface area contributed by atoms with Crippen LogP contribution < -0.4 is 11.1 Å². The number of rotatable bonds is 4. The lowest BCUT2D eigenvalue weighted by atomic mass is 10.1. The Hall–Kier alpha value is -1.65. The van der Waals surface area contributed by atoms with Crippen LogP contribution in [0.25, 0.3) is 0 Å². The minimum absolute atomic E-state index is 0.0467. The van der Waals surface area contributed by atoms with Gasteiger partial charge in [-0.25, -0.2) is 8.78 Å². The molecule has 2 aromatic carbocycles. The lowest BCUT2D eigenvalue weighted by Gasteiger charge is -2.19. The van der Waals surface area contributed by atoms with Crippen molar-refractivity contribution in [2.75, 3.05) is 11.9 Å². The predicted molar refractivity (Wildman–Crippen MR) is 73.2 cm³/mol. The summed E-state index contributed by atoms with van der Waals surface area (Å²) in [5.41, 5.74) is 6.60. The van der Waals surface area contributed by atoms with Gasteiger partial charge in [0, 0.05) is 6.54 Å². The Morgan fingerprint density at radius 2 is 1.84 bits per heavy atom. The average Bonchev–Trinajstić information content (AvgIpc) is 2.41. The molecule has 100 valence electrons. The highest BCUT2D eigenvalue weighted by molar-refractivity contribution is 6.30. The topological polar surface area (TPSA) is 38.0 Å². The van der Waals surface area contributed by atoms with Gasteiger partial charge in [-0.2, -0.15) is 0 Å². The fourth-order valence-corrected chi connectivity index (χ4v) is 1.89. The van der Waals surface area contributed by atoms with Crippen molar-refractivity contribution in [3.63, 3.8) is 0 Å². The van der Waals surface area contributed by atoms with Gasteiger partial charge >= 0.3 is 0 Å². The Bertz CT molecular complexity index is 575. The molecule has 0 fully saturated rings. The standard InChI is InChI=1S/C14H13ClF2N2/c15-10-6-5-9(7-12(10)17)14(8-18)19-13-4-2-1-3-11(13)16/h1-7,14,19H,8,18H2. The third-order valence-electron chi connectivity index (χ3n) is 2.79. The molecule has 0 heterocycles. The number of para-hydroxylation sites is 1. The number of hydrogen-bond acceptors (Lipinski definition) is 2. The van der Waals surface area contributed by atoms with E-state index in [2.05, 4.69) is 5.32 Å². The molecule has 0 saturated heterocycles. The van der Waals surface area contributed by atoms with Gasteiger partial charge in [0.05, 0.1) is 16.8 Å². The van der Waals surface area contributed by atoms with Crippen molar-refractivity contribution in [1.29, 1.82) is 0 Å². The lowest BCUT2D eigenvalue weighted by molar-refractivity contribution is 0.618. The molecular weight excluding hydrogens is 270 g/mol. The molecule has 5 heteroatoms. The Morgan fingerprint density at radius 1 is 1.11 bits per heavy atom. The summed E-state index contributed by atoms with van der Waals surface area (Å²) in [6.07, 6.45) is 0. The van der Waals surface area contributed by atoms with E-state index < -0.39 is 5.82 Å². The second kappa shape index (κ2) is 5.99. The Labute approximate surface area is 115 Å². The molecule has 0 aromatic heterocycles. The fraction of sp³-hybridized carbons (Fsp3) is 0.143. The first kappa shape index (κ1) is 13.8. The van der Waals surface area contributed by atoms with Crippen molar-refractivity contribution in [2.24, 2.45) is 5.73 Å². The maximum absolute atomic E-state index is 13.5. The number of nitrogens with one attached hydrogen (secondary N) is 1. The van der Waals surface area contributed by atoms with E-state index in [-0.39, 0.29) is 23.4 Å². The van der Waals surface area contributed by atoms with E-state index in [4.69, 9.17) is 17.3 Å². The van der Waals surface area contributed by atoms with Gasteiger partial charge in [0.25, 0.3) is 0 Å². The highest BCUT2D eigenvalue weighted by Crippen LogP contribution is 2.24. The zero-order chi connectivity index (χ0) is 13.8. The van der Waals surface area contributed by atoms with Crippen LogP contribution in [-0.2, 0) is 0 Å². The van der Waals surface area contributed by atoms with Gasteiger partial charge in [-0.3, -0.25) is 0 Å². The van der Waals surface area contributed by atoms with Crippen LogP contribution in [0.2, 0.25) is 5.02 Å². The zero-order valence-corrected chi connectivity index (χ0v) is 10.8. The van der Waals surface area contributed by atoms with E-state index in [1.165, 1.54) is 18.2 Å². The summed E-state index contributed by atoms with van der Waals surface area (Å²) in [5.74, 6) is -0.900. The molecule has 1 unspecified atom stereocenters. The van der Waals surface area contributed by atoms with E-state index in [1.807, 2.05) is 0 Å². The smallest absolute Gasteiger partial charge is 0.146 e. The number of hydrogen-bond donors (Lipinski definition) is 2. The van der Waals surface area contributed by atoms with E-state index >= 15 is 0 Å². The van der Waals surface area contributed by atoms with Gasteiger partial charge in [-0.05, 0) is 29.8 Å². The molecule has 0 aliphatic rings. The van der Waals surface area contributed by atoms with Crippen LogP contribution in [0.15, 0.2) is 42.5 Å². The molecule has 0 saturated carbocycles. The lowest BCUT2D eigenvalue weighted by Crippen LogP contribution is -2.21. The van der Waals surface area contributed by atoms with Gasteiger partial charge in [0.2, 0.25) is 0 Å². The summed E-state index contributed by atoms with van der Waals surface area (Å²) in [6.45, 7) is 0.204. The second-order valence-corrected chi connectivity index (χ2v) is 4.49. The first-order chi connectivity index (χ1) is 9.11. The normalized spacial score (nSPS) is 12.2. The first-order valence-electron chi connectivity index (χ1n) is 5.78. The van der Waals surface area contributed by atoms with Crippen LogP contribution in [0.3, 0.4) is 0 Å². The molecule has 0 amide bonds. The fourth-order valence-electron chi connectivity index (χ4n) is 1.77. The molecule has 2 aromatic rings. The van der Waals surface area contributed by atoms with Gasteiger partial charge in [0.15, 0.2) is 0 Å². The van der Waals surface area contributed by atoms with Crippen LogP contribution in [0, 0.1) is 11.6 Å². The van der Waals surface area contributed by atoms with Crippen LogP contribution in [0.4, 0.5) is 14.5 Å². The summed E-state index contributed by atoms with van der Waals surface area (Å²) in [7, 11) is 0. The molecule has 0 aliphatic carbocycles. The van der Waals surface area contributed by atoms with E-state index in [0.717, 1.165) is 0 Å². The SMILES string of the molecule is NCC(Nc1ccccc1F)c1ccc(Cl)c(F)c1. The zero-order valence-electron chi connectivity index (χ0n) is 10.0. The van der Waals surface area contributed by atoms with E-state index in [1.54, 1.807) is 24.3 Å². The molecule has 1 atom stereocenters. The van der Waals surface area contributed by atoms with Crippen molar-refractivity contribution in [3.05, 3.63) is 64.7 Å². The summed E-state index contributed by atoms with van der Waals surface area (Å²) < 4.78 is 27.0. The summed E-state index contributed by atoms with van der Waals surface area (Å²) in [4.78, 5) is 0. The molecule has 3 N–H and O–H groups in total. The van der Waals surface area contributed by atoms with Crippen molar-refractivity contribution in [3.8, 4) is 0 Å². The van der Waals surface area contributed by atoms with Crippen LogP contribution in [0.1, 0.15) is 11.6 Å². The van der Waals surface area contributed by atoms with E-state index in [0.29, 0.717) is 11.3 Å². The molecule has 0 aliphatic heterocycles. The largest absolute Gasteiger partial charge is 0.375 e. The number of anilines is 1. The third kappa shape index (κ3) is 3.22. The summed E-state index contributed by atoms with van der Waals surface area (Å²) >= 11 is 5.63. The Kier molecular flexibility index (Phi) is 4.35. The van der Waals surface area contributed by atoms with Crippen molar-refractivity contribution in [1.82, 2.24) is 0 Å². The number of halogens is 3. The molecule has 19 heavy (non-hydrogen) atoms. The quantitative estimate of drug-likeness (QED) is 0.897.